The summed E-state index contributed by atoms with van der Waals surface area (Å²) < 4.78 is 41.4. The number of aromatic nitrogens is 5. The monoisotopic (exact) mass is 699 g/mol. The van der Waals surface area contributed by atoms with E-state index in [1.165, 1.54) is 12.4 Å². The first-order chi connectivity index (χ1) is 19.6. The molecule has 6 rings (SSSR count). The van der Waals surface area contributed by atoms with Gasteiger partial charge in [-0.25, -0.2) is 15.0 Å². The molecule has 44 heavy (non-hydrogen) atoms. The molecule has 4 N–H and O–H groups in total. The number of anilines is 1. The van der Waals surface area contributed by atoms with E-state index in [2.05, 4.69) is 30.2 Å². The molecule has 9 nitrogen and oxygen atoms in total. The van der Waals surface area contributed by atoms with Gasteiger partial charge in [-0.05, 0) is 63.9 Å². The Hall–Kier alpha value is -2.06. The SMILES string of the molecule is CN(CCCCc1nc2cc(Cl)c(C(F)(F)F)cc2[nH]1)C[C@H]1C[C@@H](n2ccc3c(NC4CC4)ncnc32)[C@H](O)[C@@H]1O.Cl.Cl.Cl. The van der Waals surface area contributed by atoms with E-state index in [-0.39, 0.29) is 54.2 Å². The standard InChI is InChI=1S/C28H33ClF3N7O2.3ClH/c1-38(8-3-2-4-23-36-20-11-18(28(30,31)32)19(29)12-21(20)37-23)13-15-10-22(25(41)24(15)40)39-9-7-17-26(35-16-5-6-16)33-14-34-27(17)39;;;/h7,9,11-12,14-16,22,24-25,40-41H,2-6,8,10,13H2,1H3,(H,36,37)(H,33,34,35);3*1H/t15-,22-,24-,25+;;;/m1.../s1. The van der Waals surface area contributed by atoms with Crippen LogP contribution in [-0.4, -0.2) is 78.0 Å². The third kappa shape index (κ3) is 7.66. The van der Waals surface area contributed by atoms with Crippen molar-refractivity contribution < 1.29 is 23.4 Å². The zero-order valence-electron chi connectivity index (χ0n) is 23.8. The average molecular weight is 701 g/mol. The van der Waals surface area contributed by atoms with Crippen LogP contribution in [0.15, 0.2) is 30.7 Å². The number of benzene rings is 1. The van der Waals surface area contributed by atoms with Crippen LogP contribution >= 0.6 is 48.8 Å². The third-order valence-electron chi connectivity index (χ3n) is 8.23. The summed E-state index contributed by atoms with van der Waals surface area (Å²) in [5.74, 6) is 1.32. The van der Waals surface area contributed by atoms with Gasteiger partial charge in [-0.1, -0.05) is 11.6 Å². The van der Waals surface area contributed by atoms with Crippen LogP contribution in [0.1, 0.15) is 49.5 Å². The molecule has 244 valence electrons. The van der Waals surface area contributed by atoms with Gasteiger partial charge in [0.1, 0.15) is 29.7 Å². The number of aliphatic hydroxyl groups excluding tert-OH is 2. The molecule has 16 heteroatoms. The zero-order valence-corrected chi connectivity index (χ0v) is 27.0. The highest BCUT2D eigenvalue weighted by Crippen LogP contribution is 2.39. The second kappa shape index (κ2) is 14.6. The highest BCUT2D eigenvalue weighted by Gasteiger charge is 2.43. The maximum absolute atomic E-state index is 13.1. The summed E-state index contributed by atoms with van der Waals surface area (Å²) in [4.78, 5) is 18.4. The van der Waals surface area contributed by atoms with Gasteiger partial charge in [0.15, 0.2) is 0 Å². The normalized spacial score (nSPS) is 21.7. The second-order valence-corrected chi connectivity index (χ2v) is 11.8. The topological polar surface area (TPSA) is 115 Å². The molecule has 2 aliphatic rings. The summed E-state index contributed by atoms with van der Waals surface area (Å²) in [5, 5.41) is 25.8. The highest BCUT2D eigenvalue weighted by molar-refractivity contribution is 6.32. The van der Waals surface area contributed by atoms with E-state index in [0.717, 1.165) is 55.1 Å². The predicted molar refractivity (Wildman–Crippen MR) is 172 cm³/mol. The molecular weight excluding hydrogens is 665 g/mol. The Morgan fingerprint density at radius 1 is 1.11 bits per heavy atom. The van der Waals surface area contributed by atoms with E-state index in [4.69, 9.17) is 11.6 Å². The van der Waals surface area contributed by atoms with Gasteiger partial charge in [-0.2, -0.15) is 13.2 Å². The van der Waals surface area contributed by atoms with Gasteiger partial charge >= 0.3 is 6.18 Å². The van der Waals surface area contributed by atoms with Crippen LogP contribution in [0, 0.1) is 5.92 Å². The number of nitrogens with zero attached hydrogens (tertiary/aromatic N) is 5. The van der Waals surface area contributed by atoms with Crippen LogP contribution < -0.4 is 5.32 Å². The molecule has 2 fully saturated rings. The Morgan fingerprint density at radius 3 is 2.57 bits per heavy atom. The Labute approximate surface area is 276 Å². The van der Waals surface area contributed by atoms with E-state index in [1.807, 2.05) is 23.9 Å². The van der Waals surface area contributed by atoms with Crippen LogP contribution in [0.4, 0.5) is 19.0 Å². The number of hydrogen-bond acceptors (Lipinski definition) is 7. The van der Waals surface area contributed by atoms with Gasteiger partial charge in [0, 0.05) is 31.1 Å². The minimum atomic E-state index is -4.52. The van der Waals surface area contributed by atoms with Gasteiger partial charge in [0.25, 0.3) is 0 Å². The van der Waals surface area contributed by atoms with Crippen molar-refractivity contribution in [1.82, 2.24) is 29.4 Å². The molecule has 0 saturated heterocycles. The maximum Gasteiger partial charge on any atom is 0.417 e. The van der Waals surface area contributed by atoms with Crippen LogP contribution in [0.25, 0.3) is 22.1 Å². The van der Waals surface area contributed by atoms with Gasteiger partial charge in [0.2, 0.25) is 0 Å². The summed E-state index contributed by atoms with van der Waals surface area (Å²) in [6.07, 6.45) is 2.28. The fourth-order valence-electron chi connectivity index (χ4n) is 5.92. The summed E-state index contributed by atoms with van der Waals surface area (Å²) in [6, 6.07) is 4.38. The summed E-state index contributed by atoms with van der Waals surface area (Å²) in [7, 11) is 1.99. The lowest BCUT2D eigenvalue weighted by molar-refractivity contribution is -0.137. The van der Waals surface area contributed by atoms with Gasteiger partial charge in [-0.15, -0.1) is 37.2 Å². The first kappa shape index (κ1) is 36.4. The summed E-state index contributed by atoms with van der Waals surface area (Å²) >= 11 is 5.81. The number of fused-ring (bicyclic) bond motifs is 2. The number of imidazole rings is 1. The number of nitrogens with one attached hydrogen (secondary N) is 2. The van der Waals surface area contributed by atoms with Crippen molar-refractivity contribution in [2.24, 2.45) is 5.92 Å². The van der Waals surface area contributed by atoms with Crippen LogP contribution in [0.5, 0.6) is 0 Å². The van der Waals surface area contributed by atoms with E-state index in [9.17, 15) is 23.4 Å². The smallest absolute Gasteiger partial charge is 0.390 e. The molecule has 4 aromatic rings. The molecule has 0 aliphatic heterocycles. The number of halogens is 7. The molecular formula is C28H36Cl4F3N7O2. The maximum atomic E-state index is 13.1. The summed E-state index contributed by atoms with van der Waals surface area (Å²) in [6.45, 7) is 1.39. The predicted octanol–water partition coefficient (Wildman–Crippen LogP) is 6.06. The van der Waals surface area contributed by atoms with Crippen molar-refractivity contribution in [3.8, 4) is 0 Å². The quantitative estimate of drug-likeness (QED) is 0.149. The lowest BCUT2D eigenvalue weighted by atomic mass is 10.0. The molecule has 4 atom stereocenters. The van der Waals surface area contributed by atoms with E-state index >= 15 is 0 Å². The van der Waals surface area contributed by atoms with Crippen molar-refractivity contribution in [2.75, 3.05) is 25.5 Å². The number of alkyl halides is 3. The fourth-order valence-corrected chi connectivity index (χ4v) is 6.18. The van der Waals surface area contributed by atoms with Crippen molar-refractivity contribution in [3.05, 3.63) is 47.1 Å². The number of rotatable bonds is 10. The van der Waals surface area contributed by atoms with Gasteiger partial charge in [-0.3, -0.25) is 0 Å². The first-order valence-corrected chi connectivity index (χ1v) is 14.3. The van der Waals surface area contributed by atoms with E-state index in [0.29, 0.717) is 42.3 Å². The lowest BCUT2D eigenvalue weighted by Crippen LogP contribution is -2.35. The highest BCUT2D eigenvalue weighted by atomic mass is 35.5. The first-order valence-electron chi connectivity index (χ1n) is 14.0. The third-order valence-corrected chi connectivity index (χ3v) is 8.54. The number of H-pyrrole nitrogens is 1. The number of aryl methyl sites for hydroxylation is 1. The van der Waals surface area contributed by atoms with Crippen LogP contribution in [-0.2, 0) is 12.6 Å². The average Bonchev–Trinajstić information content (AvgIpc) is 3.38. The van der Waals surface area contributed by atoms with Crippen molar-refractivity contribution in [2.45, 2.75) is 69.0 Å². The molecule has 1 aromatic carbocycles. The van der Waals surface area contributed by atoms with Crippen molar-refractivity contribution >= 4 is 76.7 Å². The van der Waals surface area contributed by atoms with Crippen LogP contribution in [0.3, 0.4) is 0 Å². The minimum Gasteiger partial charge on any atom is -0.390 e. The van der Waals surface area contributed by atoms with Crippen molar-refractivity contribution in [1.29, 1.82) is 0 Å². The van der Waals surface area contributed by atoms with Crippen molar-refractivity contribution in [3.63, 3.8) is 0 Å². The molecule has 0 amide bonds. The molecule has 3 heterocycles. The minimum absolute atomic E-state index is 0. The molecule has 0 unspecified atom stereocenters. The van der Waals surface area contributed by atoms with E-state index in [1.54, 1.807) is 0 Å². The molecule has 3 aromatic heterocycles. The number of aliphatic hydroxyl groups is 2. The second-order valence-electron chi connectivity index (χ2n) is 11.4. The Morgan fingerprint density at radius 2 is 1.86 bits per heavy atom. The van der Waals surface area contributed by atoms with Gasteiger partial charge in [0.05, 0.1) is 39.2 Å². The number of hydrogen-bond donors (Lipinski definition) is 4. The Bertz CT molecular complexity index is 1550. The molecule has 0 bridgehead atoms. The zero-order chi connectivity index (χ0) is 28.9. The number of unbranched alkanes of at least 4 members (excludes halogenated alkanes) is 1. The Balaban J connectivity index is 0.00000176. The number of aromatic amines is 1. The lowest BCUT2D eigenvalue weighted by Gasteiger charge is -2.23. The molecule has 0 spiro atoms. The Kier molecular flexibility index (Phi) is 12.1. The molecule has 0 radical (unpaired) electrons. The van der Waals surface area contributed by atoms with Crippen LogP contribution in [0.2, 0.25) is 5.02 Å². The summed E-state index contributed by atoms with van der Waals surface area (Å²) in [5.41, 5.74) is 0.597. The van der Waals surface area contributed by atoms with E-state index < -0.39 is 23.9 Å². The molecule has 2 aliphatic carbocycles. The molecule has 2 saturated carbocycles. The van der Waals surface area contributed by atoms with Gasteiger partial charge < -0.3 is 30.0 Å². The largest absolute Gasteiger partial charge is 0.417 e. The fraction of sp³-hybridized carbons (Fsp3) is 0.536.